The van der Waals surface area contributed by atoms with Crippen molar-refractivity contribution in [3.8, 4) is 0 Å². The number of benzene rings is 1. The Balaban J connectivity index is 2.79. The van der Waals surface area contributed by atoms with Gasteiger partial charge in [-0.3, -0.25) is 14.9 Å². The molecule has 0 heterocycles. The molecule has 104 valence electrons. The molecule has 0 spiro atoms. The average Bonchev–Trinajstić information content (AvgIpc) is 2.30. The maximum absolute atomic E-state index is 11.2. The summed E-state index contributed by atoms with van der Waals surface area (Å²) in [6, 6.07) is 4.50. The predicted molar refractivity (Wildman–Crippen MR) is 72.8 cm³/mol. The van der Waals surface area contributed by atoms with E-state index in [1.165, 1.54) is 12.1 Å². The Morgan fingerprint density at radius 1 is 1.53 bits per heavy atom. The molecule has 0 saturated heterocycles. The number of carbonyl (C=O) groups excluding carboxylic acids is 1. The van der Waals surface area contributed by atoms with Crippen LogP contribution in [0.15, 0.2) is 18.2 Å². The number of amides is 1. The van der Waals surface area contributed by atoms with Crippen LogP contribution in [-0.4, -0.2) is 17.4 Å². The van der Waals surface area contributed by atoms with Crippen molar-refractivity contribution in [1.82, 2.24) is 5.32 Å². The number of nitro benzene ring substituents is 1. The molecule has 0 unspecified atom stereocenters. The van der Waals surface area contributed by atoms with E-state index in [4.69, 9.17) is 17.3 Å². The van der Waals surface area contributed by atoms with Crippen LogP contribution in [0.25, 0.3) is 0 Å². The number of hydrogen-bond acceptors (Lipinski definition) is 4. The summed E-state index contributed by atoms with van der Waals surface area (Å²) in [5.41, 5.74) is 4.87. The van der Waals surface area contributed by atoms with E-state index in [2.05, 4.69) is 5.32 Å². The molecular formula is C12H16ClN3O3. The Morgan fingerprint density at radius 3 is 2.68 bits per heavy atom. The maximum Gasteiger partial charge on any atom is 0.275 e. The second kappa shape index (κ2) is 5.99. The van der Waals surface area contributed by atoms with Crippen molar-refractivity contribution in [2.24, 2.45) is 11.1 Å². The summed E-state index contributed by atoms with van der Waals surface area (Å²) in [5, 5.41) is 14.2. The fourth-order valence-corrected chi connectivity index (χ4v) is 1.72. The zero-order valence-electron chi connectivity index (χ0n) is 10.8. The van der Waals surface area contributed by atoms with E-state index in [1.54, 1.807) is 19.9 Å². The van der Waals surface area contributed by atoms with Gasteiger partial charge in [0.25, 0.3) is 5.69 Å². The summed E-state index contributed by atoms with van der Waals surface area (Å²) in [7, 11) is 0. The van der Waals surface area contributed by atoms with E-state index in [0.29, 0.717) is 17.1 Å². The molecule has 0 fully saturated rings. The molecule has 0 aliphatic heterocycles. The van der Waals surface area contributed by atoms with Crippen LogP contribution in [0.1, 0.15) is 19.4 Å². The zero-order chi connectivity index (χ0) is 14.6. The van der Waals surface area contributed by atoms with Gasteiger partial charge in [0.2, 0.25) is 5.91 Å². The van der Waals surface area contributed by atoms with Crippen LogP contribution in [0, 0.1) is 15.5 Å². The Morgan fingerprint density at radius 2 is 2.16 bits per heavy atom. The lowest BCUT2D eigenvalue weighted by Gasteiger charge is -2.20. The molecule has 7 heteroatoms. The van der Waals surface area contributed by atoms with Gasteiger partial charge < -0.3 is 11.1 Å². The second-order valence-electron chi connectivity index (χ2n) is 4.85. The molecule has 1 rings (SSSR count). The number of hydrogen-bond donors (Lipinski definition) is 2. The number of halogens is 1. The number of nitrogens with one attached hydrogen (secondary N) is 1. The SMILES string of the molecule is CC(C)(CNCc1c(Cl)cccc1[N+](=O)[O-])C(N)=O. The van der Waals surface area contributed by atoms with Crippen LogP contribution in [0.2, 0.25) is 5.02 Å². The Hall–Kier alpha value is -1.66. The van der Waals surface area contributed by atoms with Crippen molar-refractivity contribution in [2.75, 3.05) is 6.54 Å². The van der Waals surface area contributed by atoms with Crippen molar-refractivity contribution < 1.29 is 9.72 Å². The van der Waals surface area contributed by atoms with Gasteiger partial charge in [0.1, 0.15) is 0 Å². The topological polar surface area (TPSA) is 98.3 Å². The lowest BCUT2D eigenvalue weighted by molar-refractivity contribution is -0.385. The van der Waals surface area contributed by atoms with Crippen LogP contribution in [-0.2, 0) is 11.3 Å². The van der Waals surface area contributed by atoms with E-state index in [-0.39, 0.29) is 12.2 Å². The maximum atomic E-state index is 11.2. The van der Waals surface area contributed by atoms with Gasteiger partial charge in [-0.05, 0) is 19.9 Å². The normalized spacial score (nSPS) is 11.3. The number of carbonyl (C=O) groups is 1. The number of nitrogens with two attached hydrogens (primary N) is 1. The highest BCUT2D eigenvalue weighted by atomic mass is 35.5. The number of nitro groups is 1. The minimum absolute atomic E-state index is 0.0446. The molecule has 0 atom stereocenters. The quantitative estimate of drug-likeness (QED) is 0.615. The molecule has 0 aliphatic rings. The first-order valence-electron chi connectivity index (χ1n) is 5.68. The average molecular weight is 286 g/mol. The zero-order valence-corrected chi connectivity index (χ0v) is 11.5. The summed E-state index contributed by atoms with van der Waals surface area (Å²) >= 11 is 5.95. The van der Waals surface area contributed by atoms with Gasteiger partial charge in [-0.1, -0.05) is 17.7 Å². The standard InChI is InChI=1S/C12H16ClN3O3/c1-12(2,11(14)17)7-15-6-8-9(13)4-3-5-10(8)16(18)19/h3-5,15H,6-7H2,1-2H3,(H2,14,17). The highest BCUT2D eigenvalue weighted by Gasteiger charge is 2.25. The van der Waals surface area contributed by atoms with Gasteiger partial charge in [-0.15, -0.1) is 0 Å². The molecule has 0 radical (unpaired) electrons. The summed E-state index contributed by atoms with van der Waals surface area (Å²) in [5.74, 6) is -0.436. The lowest BCUT2D eigenvalue weighted by atomic mass is 9.93. The van der Waals surface area contributed by atoms with E-state index in [1.807, 2.05) is 0 Å². The van der Waals surface area contributed by atoms with Crippen molar-refractivity contribution in [1.29, 1.82) is 0 Å². The summed E-state index contributed by atoms with van der Waals surface area (Å²) in [6.45, 7) is 3.91. The minimum Gasteiger partial charge on any atom is -0.369 e. The molecular weight excluding hydrogens is 270 g/mol. The van der Waals surface area contributed by atoms with E-state index >= 15 is 0 Å². The Bertz CT molecular complexity index is 503. The van der Waals surface area contributed by atoms with Crippen molar-refractivity contribution in [3.63, 3.8) is 0 Å². The van der Waals surface area contributed by atoms with Crippen LogP contribution in [0.4, 0.5) is 5.69 Å². The molecule has 1 aromatic carbocycles. The molecule has 0 bridgehead atoms. The minimum atomic E-state index is -0.726. The molecule has 1 aromatic rings. The van der Waals surface area contributed by atoms with Crippen LogP contribution >= 0.6 is 11.6 Å². The molecule has 3 N–H and O–H groups in total. The van der Waals surface area contributed by atoms with Crippen molar-refractivity contribution >= 4 is 23.2 Å². The van der Waals surface area contributed by atoms with Crippen molar-refractivity contribution in [3.05, 3.63) is 38.9 Å². The smallest absolute Gasteiger partial charge is 0.275 e. The fourth-order valence-electron chi connectivity index (χ4n) is 1.48. The van der Waals surface area contributed by atoms with Gasteiger partial charge in [-0.2, -0.15) is 0 Å². The van der Waals surface area contributed by atoms with Crippen LogP contribution < -0.4 is 11.1 Å². The van der Waals surface area contributed by atoms with E-state index in [9.17, 15) is 14.9 Å². The molecule has 19 heavy (non-hydrogen) atoms. The Kier molecular flexibility index (Phi) is 4.85. The van der Waals surface area contributed by atoms with Crippen molar-refractivity contribution in [2.45, 2.75) is 20.4 Å². The molecule has 0 aliphatic carbocycles. The highest BCUT2D eigenvalue weighted by Crippen LogP contribution is 2.26. The summed E-state index contributed by atoms with van der Waals surface area (Å²) in [4.78, 5) is 21.6. The van der Waals surface area contributed by atoms with Gasteiger partial charge in [0, 0.05) is 19.2 Å². The third-order valence-electron chi connectivity index (χ3n) is 2.83. The summed E-state index contributed by atoms with van der Waals surface area (Å²) < 4.78 is 0. The van der Waals surface area contributed by atoms with Crippen LogP contribution in [0.5, 0.6) is 0 Å². The van der Waals surface area contributed by atoms with E-state index < -0.39 is 16.2 Å². The monoisotopic (exact) mass is 285 g/mol. The first-order chi connectivity index (χ1) is 8.75. The van der Waals surface area contributed by atoms with Gasteiger partial charge >= 0.3 is 0 Å². The second-order valence-corrected chi connectivity index (χ2v) is 5.25. The molecule has 0 aromatic heterocycles. The number of primary amides is 1. The highest BCUT2D eigenvalue weighted by molar-refractivity contribution is 6.31. The van der Waals surface area contributed by atoms with Crippen LogP contribution in [0.3, 0.4) is 0 Å². The lowest BCUT2D eigenvalue weighted by Crippen LogP contribution is -2.40. The Labute approximate surface area is 116 Å². The number of rotatable bonds is 6. The number of nitrogens with zero attached hydrogens (tertiary/aromatic N) is 1. The van der Waals surface area contributed by atoms with Gasteiger partial charge in [-0.25, -0.2) is 0 Å². The van der Waals surface area contributed by atoms with Gasteiger partial charge in [0.15, 0.2) is 0 Å². The molecule has 0 saturated carbocycles. The molecule has 1 amide bonds. The first-order valence-corrected chi connectivity index (χ1v) is 6.06. The third kappa shape index (κ3) is 3.90. The fraction of sp³-hybridized carbons (Fsp3) is 0.417. The molecule has 6 nitrogen and oxygen atoms in total. The van der Waals surface area contributed by atoms with Gasteiger partial charge in [0.05, 0.1) is 20.9 Å². The van der Waals surface area contributed by atoms with E-state index in [0.717, 1.165) is 0 Å². The largest absolute Gasteiger partial charge is 0.369 e. The third-order valence-corrected chi connectivity index (χ3v) is 3.18. The predicted octanol–water partition coefficient (Wildman–Crippen LogP) is 1.85. The summed E-state index contributed by atoms with van der Waals surface area (Å²) in [6.07, 6.45) is 0. The first kappa shape index (κ1) is 15.4.